The van der Waals surface area contributed by atoms with Crippen LogP contribution in [0.1, 0.15) is 31.4 Å². The maximum atomic E-state index is 12.7. The van der Waals surface area contributed by atoms with Crippen LogP contribution in [0.2, 0.25) is 0 Å². The van der Waals surface area contributed by atoms with Gasteiger partial charge in [-0.15, -0.1) is 0 Å². The molecule has 6 nitrogen and oxygen atoms in total. The summed E-state index contributed by atoms with van der Waals surface area (Å²) >= 11 is 0. The molecule has 0 saturated heterocycles. The largest absolute Gasteiger partial charge is 0.494 e. The van der Waals surface area contributed by atoms with Crippen molar-refractivity contribution in [2.24, 2.45) is 0 Å². The third kappa shape index (κ3) is 4.48. The van der Waals surface area contributed by atoms with E-state index in [1.165, 1.54) is 6.92 Å². The lowest BCUT2D eigenvalue weighted by molar-refractivity contribution is -0.116. The fraction of sp³-hybridized carbons (Fsp3) is 0.350. The third-order valence-corrected chi connectivity index (χ3v) is 5.93. The summed E-state index contributed by atoms with van der Waals surface area (Å²) in [4.78, 5) is 13.7. The Hall–Kier alpha value is -2.38. The summed E-state index contributed by atoms with van der Waals surface area (Å²) in [5.41, 5.74) is 2.51. The van der Waals surface area contributed by atoms with E-state index < -0.39 is 10.0 Å². The van der Waals surface area contributed by atoms with Crippen molar-refractivity contribution in [3.63, 3.8) is 0 Å². The summed E-state index contributed by atoms with van der Waals surface area (Å²) in [6.45, 7) is 4.83. The quantitative estimate of drug-likeness (QED) is 0.826. The molecule has 0 aliphatic carbocycles. The van der Waals surface area contributed by atoms with E-state index in [1.54, 1.807) is 23.1 Å². The molecule has 144 valence electrons. The van der Waals surface area contributed by atoms with Crippen LogP contribution in [0, 0.1) is 0 Å². The van der Waals surface area contributed by atoms with Gasteiger partial charge in [0.05, 0.1) is 11.5 Å². The number of hydrogen-bond acceptors (Lipinski definition) is 4. The van der Waals surface area contributed by atoms with Gasteiger partial charge in [-0.3, -0.25) is 4.79 Å². The lowest BCUT2D eigenvalue weighted by Crippen LogP contribution is -2.33. The standard InChI is InChI=1S/C20H24N2O4S/c1-3-26-18-8-4-6-16(12-18)14-21-27(24,25)19-9-10-20-17(13-19)7-5-11-22(20)15(2)23/h4,6,8-10,12-13,21H,3,5,7,11,14H2,1-2H3. The van der Waals surface area contributed by atoms with Crippen LogP contribution in [0.15, 0.2) is 47.4 Å². The van der Waals surface area contributed by atoms with Crippen LogP contribution in [0.25, 0.3) is 0 Å². The molecule has 0 fully saturated rings. The molecule has 0 aromatic heterocycles. The van der Waals surface area contributed by atoms with Crippen LogP contribution in [0.4, 0.5) is 5.69 Å². The number of ether oxygens (including phenoxy) is 1. The molecule has 3 rings (SSSR count). The molecular formula is C20H24N2O4S. The Morgan fingerprint density at radius 3 is 2.78 bits per heavy atom. The Morgan fingerprint density at radius 2 is 2.04 bits per heavy atom. The lowest BCUT2D eigenvalue weighted by Gasteiger charge is -2.28. The number of rotatable bonds is 6. The second kappa shape index (κ2) is 8.10. The van der Waals surface area contributed by atoms with E-state index in [2.05, 4.69) is 4.72 Å². The van der Waals surface area contributed by atoms with Gasteiger partial charge < -0.3 is 9.64 Å². The van der Waals surface area contributed by atoms with Crippen molar-refractivity contribution in [2.45, 2.75) is 38.1 Å². The molecule has 2 aromatic carbocycles. The average molecular weight is 388 g/mol. The van der Waals surface area contributed by atoms with Gasteiger partial charge in [0.2, 0.25) is 15.9 Å². The van der Waals surface area contributed by atoms with Crippen molar-refractivity contribution in [3.05, 3.63) is 53.6 Å². The van der Waals surface area contributed by atoms with Crippen LogP contribution in [0.3, 0.4) is 0 Å². The maximum Gasteiger partial charge on any atom is 0.240 e. The van der Waals surface area contributed by atoms with Crippen molar-refractivity contribution < 1.29 is 17.9 Å². The number of carbonyl (C=O) groups excluding carboxylic acids is 1. The predicted octanol–water partition coefficient (Wildman–Crippen LogP) is 2.86. The minimum Gasteiger partial charge on any atom is -0.494 e. The van der Waals surface area contributed by atoms with Gasteiger partial charge in [-0.2, -0.15) is 0 Å². The number of nitrogens with zero attached hydrogens (tertiary/aromatic N) is 1. The Bertz CT molecular complexity index is 941. The Labute approximate surface area is 160 Å². The molecule has 1 amide bonds. The Morgan fingerprint density at radius 1 is 1.22 bits per heavy atom. The van der Waals surface area contributed by atoms with Gasteiger partial charge in [0, 0.05) is 25.7 Å². The zero-order valence-corrected chi connectivity index (χ0v) is 16.4. The summed E-state index contributed by atoms with van der Waals surface area (Å²) in [6, 6.07) is 12.3. The van der Waals surface area contributed by atoms with E-state index >= 15 is 0 Å². The van der Waals surface area contributed by atoms with Gasteiger partial charge in [-0.25, -0.2) is 13.1 Å². The molecule has 0 bridgehead atoms. The van der Waals surface area contributed by atoms with E-state index in [9.17, 15) is 13.2 Å². The lowest BCUT2D eigenvalue weighted by atomic mass is 10.0. The summed E-state index contributed by atoms with van der Waals surface area (Å²) in [6.07, 6.45) is 1.59. The third-order valence-electron chi connectivity index (χ3n) is 4.54. The van der Waals surface area contributed by atoms with Gasteiger partial charge in [-0.1, -0.05) is 12.1 Å². The summed E-state index contributed by atoms with van der Waals surface area (Å²) in [7, 11) is -3.65. The molecule has 7 heteroatoms. The van der Waals surface area contributed by atoms with E-state index in [0.29, 0.717) is 18.9 Å². The molecule has 0 atom stereocenters. The number of fused-ring (bicyclic) bond motifs is 1. The molecule has 2 aromatic rings. The van der Waals surface area contributed by atoms with Gasteiger partial charge in [0.25, 0.3) is 0 Å². The molecular weight excluding hydrogens is 364 g/mol. The van der Waals surface area contributed by atoms with E-state index in [-0.39, 0.29) is 17.3 Å². The van der Waals surface area contributed by atoms with Gasteiger partial charge in [-0.05, 0) is 61.2 Å². The minimum atomic E-state index is -3.65. The number of carbonyl (C=O) groups is 1. The van der Waals surface area contributed by atoms with Crippen molar-refractivity contribution in [2.75, 3.05) is 18.1 Å². The van der Waals surface area contributed by atoms with Gasteiger partial charge >= 0.3 is 0 Å². The molecule has 0 radical (unpaired) electrons. The predicted molar refractivity (Wildman–Crippen MR) is 104 cm³/mol. The van der Waals surface area contributed by atoms with Gasteiger partial charge in [0.1, 0.15) is 5.75 Å². The number of benzene rings is 2. The average Bonchev–Trinajstić information content (AvgIpc) is 2.66. The van der Waals surface area contributed by atoms with Crippen molar-refractivity contribution in [1.29, 1.82) is 0 Å². The number of nitrogens with one attached hydrogen (secondary N) is 1. The minimum absolute atomic E-state index is 0.0288. The highest BCUT2D eigenvalue weighted by Gasteiger charge is 2.23. The number of anilines is 1. The molecule has 1 heterocycles. The molecule has 0 spiro atoms. The van der Waals surface area contributed by atoms with Crippen LogP contribution >= 0.6 is 0 Å². The normalized spacial score (nSPS) is 13.9. The fourth-order valence-electron chi connectivity index (χ4n) is 3.24. The fourth-order valence-corrected chi connectivity index (χ4v) is 4.31. The van der Waals surface area contributed by atoms with Gasteiger partial charge in [0.15, 0.2) is 0 Å². The highest BCUT2D eigenvalue weighted by atomic mass is 32.2. The monoisotopic (exact) mass is 388 g/mol. The maximum absolute atomic E-state index is 12.7. The van der Waals surface area contributed by atoms with Crippen LogP contribution in [0.5, 0.6) is 5.75 Å². The zero-order valence-electron chi connectivity index (χ0n) is 15.6. The Kier molecular flexibility index (Phi) is 5.82. The number of amides is 1. The zero-order chi connectivity index (χ0) is 19.4. The summed E-state index contributed by atoms with van der Waals surface area (Å²) in [5.74, 6) is 0.686. The first-order chi connectivity index (χ1) is 12.9. The molecule has 0 unspecified atom stereocenters. The van der Waals surface area contributed by atoms with Crippen LogP contribution in [-0.2, 0) is 27.8 Å². The SMILES string of the molecule is CCOc1cccc(CNS(=O)(=O)c2ccc3c(c2)CCCN3C(C)=O)c1. The van der Waals surface area contributed by atoms with Crippen molar-refractivity contribution in [3.8, 4) is 5.75 Å². The number of sulfonamides is 1. The summed E-state index contributed by atoms with van der Waals surface area (Å²) < 4.78 is 33.5. The molecule has 1 aliphatic heterocycles. The van der Waals surface area contributed by atoms with Crippen molar-refractivity contribution >= 4 is 21.6 Å². The highest BCUT2D eigenvalue weighted by Crippen LogP contribution is 2.29. The van der Waals surface area contributed by atoms with E-state index in [4.69, 9.17) is 4.74 Å². The second-order valence-corrected chi connectivity index (χ2v) is 8.24. The van der Waals surface area contributed by atoms with Crippen LogP contribution in [-0.4, -0.2) is 27.5 Å². The van der Waals surface area contributed by atoms with Crippen LogP contribution < -0.4 is 14.4 Å². The topological polar surface area (TPSA) is 75.7 Å². The van der Waals surface area contributed by atoms with Crippen molar-refractivity contribution in [1.82, 2.24) is 4.72 Å². The number of hydrogen-bond donors (Lipinski definition) is 1. The Balaban J connectivity index is 1.77. The first kappa shape index (κ1) is 19.4. The first-order valence-corrected chi connectivity index (χ1v) is 10.5. The summed E-state index contributed by atoms with van der Waals surface area (Å²) in [5, 5.41) is 0. The first-order valence-electron chi connectivity index (χ1n) is 9.03. The second-order valence-electron chi connectivity index (χ2n) is 6.47. The molecule has 27 heavy (non-hydrogen) atoms. The van der Waals surface area contributed by atoms with E-state index in [0.717, 1.165) is 29.7 Å². The molecule has 1 N–H and O–H groups in total. The smallest absolute Gasteiger partial charge is 0.240 e. The number of aryl methyl sites for hydroxylation is 1. The highest BCUT2D eigenvalue weighted by molar-refractivity contribution is 7.89. The molecule has 1 aliphatic rings. The van der Waals surface area contributed by atoms with E-state index in [1.807, 2.05) is 31.2 Å². The molecule has 0 saturated carbocycles.